The van der Waals surface area contributed by atoms with Gasteiger partial charge in [-0.05, 0) is 17.7 Å². The van der Waals surface area contributed by atoms with Crippen LogP contribution in [0.2, 0.25) is 0 Å². The van der Waals surface area contributed by atoms with Crippen molar-refractivity contribution in [2.24, 2.45) is 5.10 Å². The first kappa shape index (κ1) is 20.9. The molecule has 1 amide bonds. The Morgan fingerprint density at radius 1 is 1.33 bits per heavy atom. The van der Waals surface area contributed by atoms with Gasteiger partial charge in [-0.1, -0.05) is 12.1 Å². The zero-order valence-corrected chi connectivity index (χ0v) is 16.8. The van der Waals surface area contributed by atoms with Gasteiger partial charge in [-0.15, -0.1) is 6.58 Å². The molecular weight excluding hydrogens is 392 g/mol. The number of rotatable bonds is 6. The molecule has 1 aliphatic heterocycles. The molecule has 0 saturated heterocycles. The van der Waals surface area contributed by atoms with E-state index >= 15 is 0 Å². The number of hydrogen-bond donors (Lipinski definition) is 2. The quantitative estimate of drug-likeness (QED) is 0.683. The van der Waals surface area contributed by atoms with Crippen LogP contribution in [0.25, 0.3) is 0 Å². The fourth-order valence-electron chi connectivity index (χ4n) is 3.39. The van der Waals surface area contributed by atoms with E-state index in [2.05, 4.69) is 16.7 Å². The first-order valence-electron chi connectivity index (χ1n) is 9.08. The Balaban J connectivity index is 2.09. The van der Waals surface area contributed by atoms with Crippen molar-refractivity contribution in [3.63, 3.8) is 0 Å². The maximum atomic E-state index is 12.4. The number of H-pyrrole nitrogens is 1. The summed E-state index contributed by atoms with van der Waals surface area (Å²) >= 11 is 0. The number of methoxy groups -OCH3 is 2. The average molecular weight is 414 g/mol. The number of benzene rings is 1. The smallest absolute Gasteiger partial charge is 0.331 e. The van der Waals surface area contributed by atoms with E-state index in [1.807, 2.05) is 0 Å². The van der Waals surface area contributed by atoms with E-state index in [1.165, 1.54) is 32.2 Å². The summed E-state index contributed by atoms with van der Waals surface area (Å²) in [5.74, 6) is 0.131. The number of hydrazone groups is 1. The molecule has 0 aliphatic carbocycles. The summed E-state index contributed by atoms with van der Waals surface area (Å²) in [7, 11) is 3.02. The van der Waals surface area contributed by atoms with Crippen molar-refractivity contribution in [1.82, 2.24) is 14.6 Å². The van der Waals surface area contributed by atoms with E-state index in [4.69, 9.17) is 9.47 Å². The minimum Gasteiger partial charge on any atom is -0.494 e. The fraction of sp³-hybridized carbons (Fsp3) is 0.300. The molecule has 30 heavy (non-hydrogen) atoms. The second kappa shape index (κ2) is 8.27. The van der Waals surface area contributed by atoms with Crippen LogP contribution in [0.4, 0.5) is 0 Å². The Labute approximate surface area is 171 Å². The van der Waals surface area contributed by atoms with Crippen LogP contribution in [-0.4, -0.2) is 45.5 Å². The third-order valence-electron chi connectivity index (χ3n) is 4.80. The Kier molecular flexibility index (Phi) is 5.77. The topological polar surface area (TPSA) is 126 Å². The number of ether oxygens (including phenoxy) is 2. The van der Waals surface area contributed by atoms with Gasteiger partial charge in [-0.2, -0.15) is 5.10 Å². The second-order valence-electron chi connectivity index (χ2n) is 6.60. The molecule has 0 radical (unpaired) electrons. The lowest BCUT2D eigenvalue weighted by Gasteiger charge is -2.21. The van der Waals surface area contributed by atoms with Crippen molar-refractivity contribution in [3.8, 4) is 17.4 Å². The fourth-order valence-corrected chi connectivity index (χ4v) is 3.39. The number of carbonyl (C=O) groups is 1. The zero-order valence-electron chi connectivity index (χ0n) is 16.8. The molecule has 0 saturated carbocycles. The van der Waals surface area contributed by atoms with Gasteiger partial charge in [0, 0.05) is 19.9 Å². The van der Waals surface area contributed by atoms with E-state index in [-0.39, 0.29) is 30.1 Å². The molecule has 2 aromatic rings. The molecule has 1 aromatic carbocycles. The molecule has 0 bridgehead atoms. The van der Waals surface area contributed by atoms with Crippen LogP contribution >= 0.6 is 0 Å². The molecule has 1 aliphatic rings. The summed E-state index contributed by atoms with van der Waals surface area (Å²) in [6, 6.07) is 4.67. The summed E-state index contributed by atoms with van der Waals surface area (Å²) in [6.07, 6.45) is 1.56. The van der Waals surface area contributed by atoms with Gasteiger partial charge >= 0.3 is 5.69 Å². The number of aromatic hydroxyl groups is 1. The van der Waals surface area contributed by atoms with Gasteiger partial charge in [0.25, 0.3) is 5.56 Å². The van der Waals surface area contributed by atoms with Crippen molar-refractivity contribution in [3.05, 3.63) is 62.8 Å². The van der Waals surface area contributed by atoms with E-state index in [0.29, 0.717) is 17.1 Å². The van der Waals surface area contributed by atoms with Crippen molar-refractivity contribution in [1.29, 1.82) is 0 Å². The predicted molar refractivity (Wildman–Crippen MR) is 109 cm³/mol. The van der Waals surface area contributed by atoms with Crippen LogP contribution in [0.1, 0.15) is 30.5 Å². The Morgan fingerprint density at radius 2 is 2.03 bits per heavy atom. The summed E-state index contributed by atoms with van der Waals surface area (Å²) < 4.78 is 11.5. The number of aromatic amines is 1. The van der Waals surface area contributed by atoms with Gasteiger partial charge in [0.05, 0.1) is 26.0 Å². The summed E-state index contributed by atoms with van der Waals surface area (Å²) in [6.45, 7) is 4.88. The molecule has 0 unspecified atom stereocenters. The minimum atomic E-state index is -0.784. The van der Waals surface area contributed by atoms with Gasteiger partial charge in [0.15, 0.2) is 11.5 Å². The number of nitrogens with zero attached hydrogens (tertiary/aromatic N) is 3. The minimum absolute atomic E-state index is 0.00272. The zero-order chi connectivity index (χ0) is 22.0. The lowest BCUT2D eigenvalue weighted by atomic mass is 9.98. The highest BCUT2D eigenvalue weighted by Gasteiger charge is 2.34. The van der Waals surface area contributed by atoms with E-state index < -0.39 is 23.2 Å². The first-order valence-corrected chi connectivity index (χ1v) is 9.08. The third kappa shape index (κ3) is 3.59. The number of carbonyl (C=O) groups excluding carboxylic acids is 1. The Bertz CT molecular complexity index is 1150. The highest BCUT2D eigenvalue weighted by atomic mass is 16.5. The summed E-state index contributed by atoms with van der Waals surface area (Å²) in [5, 5.41) is 16.1. The third-order valence-corrected chi connectivity index (χ3v) is 4.80. The first-order chi connectivity index (χ1) is 14.3. The van der Waals surface area contributed by atoms with Crippen LogP contribution in [0.15, 0.2) is 45.5 Å². The Hall–Kier alpha value is -3.82. The normalized spacial score (nSPS) is 15.6. The second-order valence-corrected chi connectivity index (χ2v) is 6.60. The predicted octanol–water partition coefficient (Wildman–Crippen LogP) is 1.14. The lowest BCUT2D eigenvalue weighted by molar-refractivity contribution is -0.130. The average Bonchev–Trinajstić information content (AvgIpc) is 3.15. The van der Waals surface area contributed by atoms with Crippen molar-refractivity contribution < 1.29 is 19.4 Å². The molecule has 10 heteroatoms. The maximum absolute atomic E-state index is 12.4. The maximum Gasteiger partial charge on any atom is 0.331 e. The number of nitrogens with one attached hydrogen (secondary N) is 1. The number of amides is 1. The molecule has 10 nitrogen and oxygen atoms in total. The molecule has 0 spiro atoms. The molecule has 0 fully saturated rings. The van der Waals surface area contributed by atoms with Gasteiger partial charge < -0.3 is 14.6 Å². The lowest BCUT2D eigenvalue weighted by Crippen LogP contribution is -2.33. The van der Waals surface area contributed by atoms with E-state index in [1.54, 1.807) is 18.2 Å². The monoisotopic (exact) mass is 414 g/mol. The molecule has 1 aromatic heterocycles. The van der Waals surface area contributed by atoms with Gasteiger partial charge in [0.1, 0.15) is 5.56 Å². The van der Waals surface area contributed by atoms with Crippen molar-refractivity contribution in [2.45, 2.75) is 25.9 Å². The van der Waals surface area contributed by atoms with Gasteiger partial charge in [-0.25, -0.2) is 9.80 Å². The summed E-state index contributed by atoms with van der Waals surface area (Å²) in [4.78, 5) is 38.8. The van der Waals surface area contributed by atoms with Crippen molar-refractivity contribution >= 4 is 11.6 Å². The summed E-state index contributed by atoms with van der Waals surface area (Å²) in [5.41, 5.74) is -0.822. The largest absolute Gasteiger partial charge is 0.494 e. The molecule has 158 valence electrons. The number of allylic oxidation sites excluding steroid dienone is 1. The van der Waals surface area contributed by atoms with Crippen LogP contribution in [-0.2, 0) is 11.3 Å². The molecule has 2 heterocycles. The molecule has 3 rings (SSSR count). The number of aromatic nitrogens is 2. The van der Waals surface area contributed by atoms with Crippen LogP contribution in [0.5, 0.6) is 17.4 Å². The number of hydrogen-bond acceptors (Lipinski definition) is 7. The highest BCUT2D eigenvalue weighted by molar-refractivity contribution is 6.04. The highest BCUT2D eigenvalue weighted by Crippen LogP contribution is 2.37. The van der Waals surface area contributed by atoms with Crippen LogP contribution < -0.4 is 20.7 Å². The molecule has 1 atom stereocenters. The van der Waals surface area contributed by atoms with E-state index in [0.717, 1.165) is 4.57 Å². The SMILES string of the molecule is C=CCn1c(O)c(C2=NN(C(C)=O)[C@H](c3ccc(OC)c(OC)c3)C2)c(=O)[nH]c1=O. The van der Waals surface area contributed by atoms with Crippen molar-refractivity contribution in [2.75, 3.05) is 14.2 Å². The molecule has 2 N–H and O–H groups in total. The van der Waals surface area contributed by atoms with Gasteiger partial charge in [0.2, 0.25) is 11.8 Å². The van der Waals surface area contributed by atoms with Crippen LogP contribution in [0.3, 0.4) is 0 Å². The standard InChI is InChI=1S/C20H22N4O6/c1-5-8-23-19(27)17(18(26)21-20(23)28)13-10-14(24(22-13)11(2)25)12-6-7-15(29-3)16(9-12)30-4/h5-7,9,14,27H,1,8,10H2,2-4H3,(H,21,26,28)/t14-/m0/s1. The van der Waals surface area contributed by atoms with Gasteiger partial charge in [-0.3, -0.25) is 19.1 Å². The van der Waals surface area contributed by atoms with Crippen LogP contribution in [0, 0.1) is 0 Å². The molecular formula is C20H22N4O6. The Morgan fingerprint density at radius 3 is 2.63 bits per heavy atom. The van der Waals surface area contributed by atoms with E-state index in [9.17, 15) is 19.5 Å².